The van der Waals surface area contributed by atoms with Gasteiger partial charge in [-0.1, -0.05) is 20.3 Å². The molecule has 108 valence electrons. The first kappa shape index (κ1) is 14.7. The number of esters is 1. The zero-order chi connectivity index (χ0) is 14.5. The number of ether oxygens (including phenoxy) is 1. The number of hydrogen-bond acceptors (Lipinski definition) is 5. The van der Waals surface area contributed by atoms with Crippen LogP contribution in [0.5, 0.6) is 0 Å². The van der Waals surface area contributed by atoms with Crippen molar-refractivity contribution in [2.75, 3.05) is 6.61 Å². The molecule has 0 bridgehead atoms. The first-order valence-electron chi connectivity index (χ1n) is 6.82. The van der Waals surface area contributed by atoms with Gasteiger partial charge in [-0.05, 0) is 12.8 Å². The van der Waals surface area contributed by atoms with Crippen molar-refractivity contribution in [3.63, 3.8) is 0 Å². The SMILES string of the molecule is CCCCOC(=O)c1csc2ncn(CCC)c(=O)c12. The van der Waals surface area contributed by atoms with E-state index in [0.717, 1.165) is 19.3 Å². The Morgan fingerprint density at radius 3 is 2.90 bits per heavy atom. The third-order valence-electron chi connectivity index (χ3n) is 2.98. The maximum absolute atomic E-state index is 12.4. The van der Waals surface area contributed by atoms with Crippen molar-refractivity contribution in [1.29, 1.82) is 0 Å². The highest BCUT2D eigenvalue weighted by atomic mass is 32.1. The lowest BCUT2D eigenvalue weighted by molar-refractivity contribution is 0.0502. The highest BCUT2D eigenvalue weighted by Crippen LogP contribution is 2.21. The molecule has 0 spiro atoms. The van der Waals surface area contributed by atoms with Gasteiger partial charge in [-0.15, -0.1) is 11.3 Å². The van der Waals surface area contributed by atoms with Gasteiger partial charge in [0.25, 0.3) is 5.56 Å². The number of thiophene rings is 1. The Kier molecular flexibility index (Phi) is 4.89. The molecule has 6 heteroatoms. The predicted octanol–water partition coefficient (Wildman–Crippen LogP) is 2.82. The molecule has 0 unspecified atom stereocenters. The Hall–Kier alpha value is -1.69. The third kappa shape index (κ3) is 2.90. The van der Waals surface area contributed by atoms with Crippen LogP contribution in [0.1, 0.15) is 43.5 Å². The van der Waals surface area contributed by atoms with E-state index in [9.17, 15) is 9.59 Å². The summed E-state index contributed by atoms with van der Waals surface area (Å²) < 4.78 is 6.72. The highest BCUT2D eigenvalue weighted by molar-refractivity contribution is 7.17. The summed E-state index contributed by atoms with van der Waals surface area (Å²) in [4.78, 5) is 29.2. The molecule has 0 aromatic carbocycles. The van der Waals surface area contributed by atoms with E-state index in [1.807, 2.05) is 13.8 Å². The lowest BCUT2D eigenvalue weighted by Gasteiger charge is -2.04. The normalized spacial score (nSPS) is 10.9. The average Bonchev–Trinajstić information content (AvgIpc) is 2.87. The van der Waals surface area contributed by atoms with Crippen LogP contribution in [0.2, 0.25) is 0 Å². The molecule has 0 atom stereocenters. The minimum absolute atomic E-state index is 0.166. The monoisotopic (exact) mass is 294 g/mol. The summed E-state index contributed by atoms with van der Waals surface area (Å²) >= 11 is 1.30. The predicted molar refractivity (Wildman–Crippen MR) is 79.4 cm³/mol. The molecule has 2 aromatic rings. The van der Waals surface area contributed by atoms with Crippen LogP contribution in [-0.2, 0) is 11.3 Å². The fourth-order valence-corrected chi connectivity index (χ4v) is 2.77. The van der Waals surface area contributed by atoms with Gasteiger partial charge in [0.1, 0.15) is 4.83 Å². The number of rotatable bonds is 6. The van der Waals surface area contributed by atoms with Gasteiger partial charge in [0.15, 0.2) is 0 Å². The molecule has 0 saturated heterocycles. The summed E-state index contributed by atoms with van der Waals surface area (Å²) in [6, 6.07) is 0. The summed E-state index contributed by atoms with van der Waals surface area (Å²) in [7, 11) is 0. The van der Waals surface area contributed by atoms with Crippen molar-refractivity contribution < 1.29 is 9.53 Å². The number of unbranched alkanes of at least 4 members (excludes halogenated alkanes) is 1. The van der Waals surface area contributed by atoms with E-state index < -0.39 is 5.97 Å². The number of carbonyl (C=O) groups excluding carboxylic acids is 1. The summed E-state index contributed by atoms with van der Waals surface area (Å²) in [6.07, 6.45) is 4.17. The number of hydrogen-bond donors (Lipinski definition) is 0. The summed E-state index contributed by atoms with van der Waals surface area (Å²) in [5.41, 5.74) is 0.171. The van der Waals surface area contributed by atoms with Gasteiger partial charge in [0, 0.05) is 11.9 Å². The van der Waals surface area contributed by atoms with E-state index in [1.165, 1.54) is 22.2 Å². The van der Waals surface area contributed by atoms with Crippen molar-refractivity contribution in [2.24, 2.45) is 0 Å². The molecule has 0 N–H and O–H groups in total. The minimum Gasteiger partial charge on any atom is -0.462 e. The lowest BCUT2D eigenvalue weighted by atomic mass is 10.2. The first-order valence-corrected chi connectivity index (χ1v) is 7.70. The van der Waals surface area contributed by atoms with Crippen LogP contribution < -0.4 is 5.56 Å². The van der Waals surface area contributed by atoms with Gasteiger partial charge in [-0.2, -0.15) is 0 Å². The second-order valence-electron chi connectivity index (χ2n) is 4.56. The van der Waals surface area contributed by atoms with Crippen LogP contribution in [0, 0.1) is 0 Å². The maximum atomic E-state index is 12.4. The van der Waals surface area contributed by atoms with Crippen LogP contribution in [0.15, 0.2) is 16.5 Å². The molecule has 0 fully saturated rings. The van der Waals surface area contributed by atoms with Crippen molar-refractivity contribution in [2.45, 2.75) is 39.7 Å². The van der Waals surface area contributed by atoms with Crippen molar-refractivity contribution in [1.82, 2.24) is 9.55 Å². The van der Waals surface area contributed by atoms with Crippen LogP contribution in [0.25, 0.3) is 10.2 Å². The van der Waals surface area contributed by atoms with Crippen molar-refractivity contribution >= 4 is 27.5 Å². The molecular formula is C14H18N2O3S. The Balaban J connectivity index is 2.36. The lowest BCUT2D eigenvalue weighted by Crippen LogP contribution is -2.21. The molecule has 0 radical (unpaired) electrons. The number of aromatic nitrogens is 2. The van der Waals surface area contributed by atoms with Gasteiger partial charge >= 0.3 is 5.97 Å². The molecule has 2 heterocycles. The van der Waals surface area contributed by atoms with Gasteiger partial charge < -0.3 is 4.74 Å². The highest BCUT2D eigenvalue weighted by Gasteiger charge is 2.18. The van der Waals surface area contributed by atoms with Crippen LogP contribution in [-0.4, -0.2) is 22.1 Å². The largest absolute Gasteiger partial charge is 0.462 e. The fourth-order valence-electron chi connectivity index (χ4n) is 1.90. The molecule has 0 aliphatic rings. The molecule has 0 aliphatic carbocycles. The summed E-state index contributed by atoms with van der Waals surface area (Å²) in [5.74, 6) is -0.433. The van der Waals surface area contributed by atoms with E-state index in [1.54, 1.807) is 5.38 Å². The Morgan fingerprint density at radius 1 is 1.40 bits per heavy atom. The van der Waals surface area contributed by atoms with Gasteiger partial charge in [0.2, 0.25) is 0 Å². The van der Waals surface area contributed by atoms with E-state index in [0.29, 0.717) is 28.9 Å². The molecule has 0 amide bonds. The van der Waals surface area contributed by atoms with Gasteiger partial charge in [-0.25, -0.2) is 9.78 Å². The van der Waals surface area contributed by atoms with Crippen LogP contribution >= 0.6 is 11.3 Å². The maximum Gasteiger partial charge on any atom is 0.339 e. The number of aryl methyl sites for hydroxylation is 1. The van der Waals surface area contributed by atoms with Crippen LogP contribution in [0.4, 0.5) is 0 Å². The van der Waals surface area contributed by atoms with E-state index >= 15 is 0 Å². The third-order valence-corrected chi connectivity index (χ3v) is 3.86. The molecule has 2 rings (SSSR count). The quantitative estimate of drug-likeness (QED) is 0.607. The number of fused-ring (bicyclic) bond motifs is 1. The van der Waals surface area contributed by atoms with E-state index in [-0.39, 0.29) is 5.56 Å². The zero-order valence-corrected chi connectivity index (χ0v) is 12.5. The number of carbonyl (C=O) groups is 1. The Bertz CT molecular complexity index is 660. The standard InChI is InChI=1S/C14H18N2O3S/c1-3-5-7-19-14(18)10-8-20-12-11(10)13(17)16(6-4-2)9-15-12/h8-9H,3-7H2,1-2H3. The van der Waals surface area contributed by atoms with Gasteiger partial charge in [0.05, 0.1) is 23.9 Å². The summed E-state index contributed by atoms with van der Waals surface area (Å²) in [6.45, 7) is 5.00. The van der Waals surface area contributed by atoms with E-state index in [4.69, 9.17) is 4.74 Å². The first-order chi connectivity index (χ1) is 9.69. The molecule has 0 saturated carbocycles. The fraction of sp³-hybridized carbons (Fsp3) is 0.500. The molecule has 5 nitrogen and oxygen atoms in total. The Morgan fingerprint density at radius 2 is 2.20 bits per heavy atom. The second kappa shape index (κ2) is 6.65. The van der Waals surface area contributed by atoms with Crippen LogP contribution in [0.3, 0.4) is 0 Å². The molecule has 0 aliphatic heterocycles. The summed E-state index contributed by atoms with van der Waals surface area (Å²) in [5, 5.41) is 2.04. The second-order valence-corrected chi connectivity index (χ2v) is 5.42. The molecular weight excluding hydrogens is 276 g/mol. The number of nitrogens with zero attached hydrogens (tertiary/aromatic N) is 2. The van der Waals surface area contributed by atoms with Crippen molar-refractivity contribution in [3.05, 3.63) is 27.6 Å². The minimum atomic E-state index is -0.433. The molecule has 2 aromatic heterocycles. The molecule has 20 heavy (non-hydrogen) atoms. The average molecular weight is 294 g/mol. The van der Waals surface area contributed by atoms with Crippen molar-refractivity contribution in [3.8, 4) is 0 Å². The Labute approximate surface area is 121 Å². The van der Waals surface area contributed by atoms with E-state index in [2.05, 4.69) is 4.98 Å². The topological polar surface area (TPSA) is 61.2 Å². The zero-order valence-electron chi connectivity index (χ0n) is 11.7. The van der Waals surface area contributed by atoms with Gasteiger partial charge in [-0.3, -0.25) is 9.36 Å². The smallest absolute Gasteiger partial charge is 0.339 e.